The van der Waals surface area contributed by atoms with Gasteiger partial charge in [0.25, 0.3) is 6.43 Å². The Balaban J connectivity index is 1.25. The van der Waals surface area contributed by atoms with Crippen molar-refractivity contribution in [2.75, 3.05) is 38.7 Å². The van der Waals surface area contributed by atoms with E-state index in [4.69, 9.17) is 4.74 Å². The van der Waals surface area contributed by atoms with E-state index in [2.05, 4.69) is 44.1 Å². The standard InChI is InChI=1S/C29H29F2N5O2/c1-36-9-8-29(17-36)13-24(29)28(37)35-25-12-22-20(15-34-26(27(30)31)23(22)16-33-25)3-5-21-4-2-19(14-32-21)18-6-10-38-11-7-18/h2,4,12,14-16,18,24,27H,6-11,13,17H2,1H3,(H,33,35,37)/t24-,29-/m0/s1. The predicted octanol–water partition coefficient (Wildman–Crippen LogP) is 4.54. The predicted molar refractivity (Wildman–Crippen MR) is 139 cm³/mol. The first-order chi connectivity index (χ1) is 18.4. The van der Waals surface area contributed by atoms with Gasteiger partial charge < -0.3 is 15.0 Å². The summed E-state index contributed by atoms with van der Waals surface area (Å²) in [5, 5.41) is 3.59. The molecule has 0 unspecified atom stereocenters. The second-order valence-corrected chi connectivity index (χ2v) is 10.7. The van der Waals surface area contributed by atoms with Crippen molar-refractivity contribution in [2.24, 2.45) is 11.3 Å². The molecule has 9 heteroatoms. The Kier molecular flexibility index (Phi) is 6.54. The van der Waals surface area contributed by atoms with Gasteiger partial charge >= 0.3 is 0 Å². The lowest BCUT2D eigenvalue weighted by atomic mass is 9.93. The van der Waals surface area contributed by atoms with Crippen LogP contribution in [0.2, 0.25) is 0 Å². The molecule has 1 spiro atoms. The average Bonchev–Trinajstić information content (AvgIpc) is 3.52. The number of anilines is 1. The third-order valence-electron chi connectivity index (χ3n) is 8.15. The van der Waals surface area contributed by atoms with Gasteiger partial charge in [0.05, 0.1) is 5.56 Å². The summed E-state index contributed by atoms with van der Waals surface area (Å²) in [4.78, 5) is 27.9. The maximum absolute atomic E-state index is 13.7. The van der Waals surface area contributed by atoms with Crippen LogP contribution in [0.15, 0.2) is 36.8 Å². The quantitative estimate of drug-likeness (QED) is 0.512. The Bertz CT molecular complexity index is 1430. The van der Waals surface area contributed by atoms with Gasteiger partial charge in [-0.3, -0.25) is 9.78 Å². The number of amides is 1. The van der Waals surface area contributed by atoms with Crippen LogP contribution in [0.3, 0.4) is 0 Å². The number of halogens is 2. The fraction of sp³-hybridized carbons (Fsp3) is 0.448. The van der Waals surface area contributed by atoms with Crippen LogP contribution in [0.1, 0.15) is 60.5 Å². The minimum atomic E-state index is -2.76. The second-order valence-electron chi connectivity index (χ2n) is 10.7. The maximum atomic E-state index is 13.7. The van der Waals surface area contributed by atoms with E-state index in [9.17, 15) is 13.6 Å². The van der Waals surface area contributed by atoms with Crippen LogP contribution in [-0.2, 0) is 9.53 Å². The molecule has 3 aliphatic rings. The number of likely N-dealkylation sites (tertiary alicyclic amines) is 1. The average molecular weight is 518 g/mol. The van der Waals surface area contributed by atoms with E-state index < -0.39 is 6.43 Å². The lowest BCUT2D eigenvalue weighted by Crippen LogP contribution is -2.21. The van der Waals surface area contributed by atoms with Gasteiger partial charge in [-0.05, 0) is 74.2 Å². The molecule has 196 valence electrons. The summed E-state index contributed by atoms with van der Waals surface area (Å²) >= 11 is 0. The molecule has 1 saturated carbocycles. The van der Waals surface area contributed by atoms with Crippen LogP contribution < -0.4 is 5.32 Å². The van der Waals surface area contributed by atoms with Gasteiger partial charge in [0, 0.05) is 55.0 Å². The number of aromatic nitrogens is 3. The smallest absolute Gasteiger partial charge is 0.281 e. The normalized spacial score (nSPS) is 23.5. The van der Waals surface area contributed by atoms with Gasteiger partial charge in [0.2, 0.25) is 5.91 Å². The van der Waals surface area contributed by atoms with Crippen molar-refractivity contribution in [2.45, 2.75) is 38.0 Å². The molecule has 38 heavy (non-hydrogen) atoms. The molecule has 1 N–H and O–H groups in total. The number of alkyl halides is 2. The molecular formula is C29H29F2N5O2. The number of carbonyl (C=O) groups excluding carboxylic acids is 1. The fourth-order valence-corrected chi connectivity index (χ4v) is 5.87. The molecule has 1 aliphatic carbocycles. The van der Waals surface area contributed by atoms with E-state index in [1.165, 1.54) is 18.0 Å². The molecule has 3 aromatic rings. The number of carbonyl (C=O) groups is 1. The first kappa shape index (κ1) is 24.8. The van der Waals surface area contributed by atoms with Crippen molar-refractivity contribution in [3.8, 4) is 11.8 Å². The number of hydrogen-bond acceptors (Lipinski definition) is 6. The molecule has 1 amide bonds. The zero-order valence-electron chi connectivity index (χ0n) is 21.2. The van der Waals surface area contributed by atoms with Crippen molar-refractivity contribution in [3.63, 3.8) is 0 Å². The first-order valence-electron chi connectivity index (χ1n) is 13.0. The molecule has 2 atom stereocenters. The number of ether oxygens (including phenoxy) is 1. The fourth-order valence-electron chi connectivity index (χ4n) is 5.87. The van der Waals surface area contributed by atoms with Gasteiger partial charge in [0.15, 0.2) is 0 Å². The van der Waals surface area contributed by atoms with Crippen molar-refractivity contribution in [3.05, 3.63) is 59.3 Å². The summed E-state index contributed by atoms with van der Waals surface area (Å²) < 4.78 is 32.8. The highest BCUT2D eigenvalue weighted by Crippen LogP contribution is 2.58. The highest BCUT2D eigenvalue weighted by Gasteiger charge is 2.60. The molecule has 7 nitrogen and oxygen atoms in total. The minimum absolute atomic E-state index is 0.0477. The lowest BCUT2D eigenvalue weighted by molar-refractivity contribution is -0.118. The number of hydrogen-bond donors (Lipinski definition) is 1. The zero-order chi connectivity index (χ0) is 26.3. The van der Waals surface area contributed by atoms with Crippen LogP contribution >= 0.6 is 0 Å². The third-order valence-corrected chi connectivity index (χ3v) is 8.15. The topological polar surface area (TPSA) is 80.2 Å². The highest BCUT2D eigenvalue weighted by molar-refractivity contribution is 5.97. The molecule has 2 saturated heterocycles. The summed E-state index contributed by atoms with van der Waals surface area (Å²) in [6.45, 7) is 3.44. The van der Waals surface area contributed by atoms with Crippen molar-refractivity contribution >= 4 is 22.5 Å². The molecule has 3 aromatic heterocycles. The largest absolute Gasteiger partial charge is 0.381 e. The Morgan fingerprint density at radius 2 is 1.97 bits per heavy atom. The van der Waals surface area contributed by atoms with E-state index >= 15 is 0 Å². The van der Waals surface area contributed by atoms with Crippen molar-refractivity contribution in [1.29, 1.82) is 0 Å². The van der Waals surface area contributed by atoms with E-state index in [0.29, 0.717) is 28.4 Å². The Labute approximate surface area is 220 Å². The van der Waals surface area contributed by atoms with E-state index in [0.717, 1.165) is 52.0 Å². The third kappa shape index (κ3) is 4.86. The minimum Gasteiger partial charge on any atom is -0.381 e. The van der Waals surface area contributed by atoms with Gasteiger partial charge in [-0.25, -0.2) is 18.7 Å². The molecule has 0 aromatic carbocycles. The number of pyridine rings is 3. The van der Waals surface area contributed by atoms with Crippen LogP contribution in [-0.4, -0.2) is 59.1 Å². The highest BCUT2D eigenvalue weighted by atomic mass is 19.3. The molecule has 0 radical (unpaired) electrons. The van der Waals surface area contributed by atoms with Crippen molar-refractivity contribution < 1.29 is 18.3 Å². The molecule has 2 aliphatic heterocycles. The molecule has 3 fully saturated rings. The SMILES string of the molecule is CN1CC[C@]2(C[C@H]2C(=O)Nc2cc3c(C#Cc4ccc(C5CCOCC5)cn4)cnc(C(F)F)c3cn2)C1. The summed E-state index contributed by atoms with van der Waals surface area (Å²) in [5.41, 5.74) is 1.92. The van der Waals surface area contributed by atoms with Gasteiger partial charge in [0.1, 0.15) is 17.2 Å². The van der Waals surface area contributed by atoms with Gasteiger partial charge in [-0.15, -0.1) is 0 Å². The summed E-state index contributed by atoms with van der Waals surface area (Å²) in [6.07, 6.45) is 5.62. The Morgan fingerprint density at radius 3 is 2.68 bits per heavy atom. The van der Waals surface area contributed by atoms with Gasteiger partial charge in [-0.1, -0.05) is 12.0 Å². The number of nitrogens with zero attached hydrogens (tertiary/aromatic N) is 4. The molecule has 6 rings (SSSR count). The Hall–Kier alpha value is -3.48. The van der Waals surface area contributed by atoms with Crippen LogP contribution in [0.4, 0.5) is 14.6 Å². The lowest BCUT2D eigenvalue weighted by Gasteiger charge is -2.21. The molecule has 5 heterocycles. The number of nitrogens with one attached hydrogen (secondary N) is 1. The number of rotatable bonds is 4. The maximum Gasteiger partial charge on any atom is 0.281 e. The molecular weight excluding hydrogens is 488 g/mol. The molecule has 0 bridgehead atoms. The van der Waals surface area contributed by atoms with E-state index in [-0.39, 0.29) is 28.3 Å². The van der Waals surface area contributed by atoms with Crippen LogP contribution in [0, 0.1) is 23.2 Å². The van der Waals surface area contributed by atoms with E-state index in [1.807, 2.05) is 18.3 Å². The second kappa shape index (κ2) is 10.0. The van der Waals surface area contributed by atoms with E-state index in [1.54, 1.807) is 6.07 Å². The van der Waals surface area contributed by atoms with Crippen LogP contribution in [0.5, 0.6) is 0 Å². The Morgan fingerprint density at radius 1 is 1.13 bits per heavy atom. The van der Waals surface area contributed by atoms with Crippen LogP contribution in [0.25, 0.3) is 10.8 Å². The number of fused-ring (bicyclic) bond motifs is 1. The summed E-state index contributed by atoms with van der Waals surface area (Å²) in [6, 6.07) is 5.52. The summed E-state index contributed by atoms with van der Waals surface area (Å²) in [5.74, 6) is 6.72. The monoisotopic (exact) mass is 517 g/mol. The zero-order valence-corrected chi connectivity index (χ0v) is 21.2. The van der Waals surface area contributed by atoms with Crippen molar-refractivity contribution in [1.82, 2.24) is 19.9 Å². The summed E-state index contributed by atoms with van der Waals surface area (Å²) in [7, 11) is 2.07. The first-order valence-corrected chi connectivity index (χ1v) is 13.0. The van der Waals surface area contributed by atoms with Gasteiger partial charge in [-0.2, -0.15) is 0 Å².